The Morgan fingerprint density at radius 1 is 1.00 bits per heavy atom. The Kier molecular flexibility index (Phi) is 7.53. The second kappa shape index (κ2) is 10.3. The molecule has 1 amide bonds. The van der Waals surface area contributed by atoms with Crippen LogP contribution in [0.25, 0.3) is 0 Å². The molecule has 0 saturated carbocycles. The summed E-state index contributed by atoms with van der Waals surface area (Å²) in [6.07, 6.45) is 3.37. The number of benzene rings is 2. The number of ether oxygens (including phenoxy) is 2. The lowest BCUT2D eigenvalue weighted by Gasteiger charge is -2.32. The molecule has 5 heteroatoms. The van der Waals surface area contributed by atoms with Gasteiger partial charge in [-0.1, -0.05) is 24.3 Å². The Hall–Kier alpha value is -2.53. The van der Waals surface area contributed by atoms with Gasteiger partial charge in [0, 0.05) is 13.6 Å². The van der Waals surface area contributed by atoms with Crippen LogP contribution in [-0.4, -0.2) is 56.6 Å². The summed E-state index contributed by atoms with van der Waals surface area (Å²) < 4.78 is 10.5. The number of methoxy groups -OCH3 is 2. The molecule has 5 nitrogen and oxygen atoms in total. The summed E-state index contributed by atoms with van der Waals surface area (Å²) in [7, 11) is 5.23. The number of amides is 1. The molecule has 0 bridgehead atoms. The molecule has 0 atom stereocenters. The number of carbonyl (C=O) groups is 1. The molecule has 2 aromatic carbocycles. The van der Waals surface area contributed by atoms with Crippen molar-refractivity contribution in [3.05, 3.63) is 59.7 Å². The van der Waals surface area contributed by atoms with E-state index in [0.717, 1.165) is 49.4 Å². The summed E-state index contributed by atoms with van der Waals surface area (Å²) >= 11 is 0. The monoisotopic (exact) mass is 396 g/mol. The molecule has 1 aliphatic rings. The van der Waals surface area contributed by atoms with Gasteiger partial charge in [0.25, 0.3) is 0 Å². The van der Waals surface area contributed by atoms with E-state index in [1.807, 2.05) is 43.4 Å². The maximum absolute atomic E-state index is 12.6. The zero-order chi connectivity index (χ0) is 20.6. The van der Waals surface area contributed by atoms with E-state index in [1.54, 1.807) is 19.1 Å². The molecule has 3 rings (SSSR count). The van der Waals surface area contributed by atoms with Gasteiger partial charge in [0.05, 0.1) is 20.8 Å². The van der Waals surface area contributed by atoms with Crippen LogP contribution >= 0.6 is 0 Å². The number of likely N-dealkylation sites (tertiary alicyclic amines) is 1. The third-order valence-electron chi connectivity index (χ3n) is 5.73. The second-order valence-electron chi connectivity index (χ2n) is 7.87. The Labute approximate surface area is 174 Å². The van der Waals surface area contributed by atoms with Crippen LogP contribution in [0.4, 0.5) is 0 Å². The zero-order valence-corrected chi connectivity index (χ0v) is 17.8. The highest BCUT2D eigenvalue weighted by atomic mass is 16.5. The van der Waals surface area contributed by atoms with E-state index in [1.165, 1.54) is 5.56 Å². The van der Waals surface area contributed by atoms with Gasteiger partial charge < -0.3 is 14.4 Å². The van der Waals surface area contributed by atoms with E-state index in [0.29, 0.717) is 19.0 Å². The standard InChI is InChI=1S/C24H32N2O3/c1-25(17-21-5-4-6-23(16-21)29-3)24(27)18-26-13-11-20(12-14-26)15-19-7-9-22(28-2)10-8-19/h4-10,16,20H,11-15,17-18H2,1-3H3. The molecule has 0 N–H and O–H groups in total. The highest BCUT2D eigenvalue weighted by Crippen LogP contribution is 2.23. The maximum atomic E-state index is 12.6. The lowest BCUT2D eigenvalue weighted by atomic mass is 9.90. The summed E-state index contributed by atoms with van der Waals surface area (Å²) in [5.74, 6) is 2.58. The molecule has 0 spiro atoms. The molecular weight excluding hydrogens is 364 g/mol. The minimum Gasteiger partial charge on any atom is -0.497 e. The fourth-order valence-electron chi connectivity index (χ4n) is 3.89. The largest absolute Gasteiger partial charge is 0.497 e. The highest BCUT2D eigenvalue weighted by Gasteiger charge is 2.22. The van der Waals surface area contributed by atoms with Crippen molar-refractivity contribution < 1.29 is 14.3 Å². The molecule has 0 aromatic heterocycles. The summed E-state index contributed by atoms with van der Waals surface area (Å²) in [5, 5.41) is 0. The van der Waals surface area contributed by atoms with Gasteiger partial charge >= 0.3 is 0 Å². The minimum atomic E-state index is 0.168. The van der Waals surface area contributed by atoms with Crippen LogP contribution in [-0.2, 0) is 17.8 Å². The molecule has 29 heavy (non-hydrogen) atoms. The number of piperidine rings is 1. The SMILES string of the molecule is COc1ccc(CC2CCN(CC(=O)N(C)Cc3cccc(OC)c3)CC2)cc1. The molecule has 0 radical (unpaired) electrons. The van der Waals surface area contributed by atoms with Crippen molar-refractivity contribution in [1.29, 1.82) is 0 Å². The van der Waals surface area contributed by atoms with E-state index >= 15 is 0 Å². The van der Waals surface area contributed by atoms with Crippen LogP contribution in [0.2, 0.25) is 0 Å². The Morgan fingerprint density at radius 3 is 2.34 bits per heavy atom. The molecule has 1 fully saturated rings. The normalized spacial score (nSPS) is 15.1. The Morgan fingerprint density at radius 2 is 1.69 bits per heavy atom. The quantitative estimate of drug-likeness (QED) is 0.684. The van der Waals surface area contributed by atoms with Gasteiger partial charge in [-0.15, -0.1) is 0 Å². The average Bonchev–Trinajstić information content (AvgIpc) is 2.75. The first-order valence-corrected chi connectivity index (χ1v) is 10.3. The first kappa shape index (κ1) is 21.2. The predicted molar refractivity (Wildman–Crippen MR) is 115 cm³/mol. The van der Waals surface area contributed by atoms with Gasteiger partial charge in [-0.2, -0.15) is 0 Å². The van der Waals surface area contributed by atoms with Gasteiger partial charge in [-0.25, -0.2) is 0 Å². The van der Waals surface area contributed by atoms with Crippen molar-refractivity contribution in [2.75, 3.05) is 40.9 Å². The van der Waals surface area contributed by atoms with Crippen LogP contribution in [0.3, 0.4) is 0 Å². The first-order chi connectivity index (χ1) is 14.1. The Balaban J connectivity index is 1.42. The first-order valence-electron chi connectivity index (χ1n) is 10.3. The molecule has 1 aliphatic heterocycles. The molecule has 0 unspecified atom stereocenters. The van der Waals surface area contributed by atoms with Gasteiger partial charge in [0.15, 0.2) is 0 Å². The van der Waals surface area contributed by atoms with Crippen molar-refractivity contribution in [1.82, 2.24) is 9.80 Å². The molecular formula is C24H32N2O3. The van der Waals surface area contributed by atoms with Crippen molar-refractivity contribution >= 4 is 5.91 Å². The summed E-state index contributed by atoms with van der Waals surface area (Å²) in [4.78, 5) is 16.7. The molecule has 2 aromatic rings. The van der Waals surface area contributed by atoms with E-state index < -0.39 is 0 Å². The number of nitrogens with zero attached hydrogens (tertiary/aromatic N) is 2. The van der Waals surface area contributed by atoms with Crippen molar-refractivity contribution in [2.45, 2.75) is 25.8 Å². The van der Waals surface area contributed by atoms with Gasteiger partial charge in [-0.3, -0.25) is 9.69 Å². The third kappa shape index (κ3) is 6.23. The van der Waals surface area contributed by atoms with Gasteiger partial charge in [0.2, 0.25) is 5.91 Å². The average molecular weight is 397 g/mol. The summed E-state index contributed by atoms with van der Waals surface area (Å²) in [6, 6.07) is 16.3. The molecule has 156 valence electrons. The number of hydrogen-bond donors (Lipinski definition) is 0. The lowest BCUT2D eigenvalue weighted by Crippen LogP contribution is -2.42. The second-order valence-corrected chi connectivity index (χ2v) is 7.87. The number of carbonyl (C=O) groups excluding carboxylic acids is 1. The lowest BCUT2D eigenvalue weighted by molar-refractivity contribution is -0.132. The van der Waals surface area contributed by atoms with Crippen LogP contribution in [0.15, 0.2) is 48.5 Å². The molecule has 1 heterocycles. The van der Waals surface area contributed by atoms with Crippen molar-refractivity contribution in [3.8, 4) is 11.5 Å². The Bertz CT molecular complexity index is 783. The van der Waals surface area contributed by atoms with Crippen LogP contribution in [0, 0.1) is 5.92 Å². The highest BCUT2D eigenvalue weighted by molar-refractivity contribution is 5.78. The van der Waals surface area contributed by atoms with Crippen LogP contribution in [0.5, 0.6) is 11.5 Å². The van der Waals surface area contributed by atoms with E-state index in [-0.39, 0.29) is 5.91 Å². The topological polar surface area (TPSA) is 42.0 Å². The maximum Gasteiger partial charge on any atom is 0.236 e. The summed E-state index contributed by atoms with van der Waals surface area (Å²) in [5.41, 5.74) is 2.44. The van der Waals surface area contributed by atoms with E-state index in [4.69, 9.17) is 9.47 Å². The van der Waals surface area contributed by atoms with E-state index in [9.17, 15) is 4.79 Å². The van der Waals surface area contributed by atoms with E-state index in [2.05, 4.69) is 17.0 Å². The molecule has 0 aliphatic carbocycles. The third-order valence-corrected chi connectivity index (χ3v) is 5.73. The van der Waals surface area contributed by atoms with Crippen LogP contribution < -0.4 is 9.47 Å². The fraction of sp³-hybridized carbons (Fsp3) is 0.458. The summed E-state index contributed by atoms with van der Waals surface area (Å²) in [6.45, 7) is 3.07. The smallest absolute Gasteiger partial charge is 0.236 e. The van der Waals surface area contributed by atoms with Crippen molar-refractivity contribution in [3.63, 3.8) is 0 Å². The number of rotatable bonds is 8. The predicted octanol–water partition coefficient (Wildman–Crippen LogP) is 3.62. The van der Waals surface area contributed by atoms with Crippen molar-refractivity contribution in [2.24, 2.45) is 5.92 Å². The van der Waals surface area contributed by atoms with Gasteiger partial charge in [0.1, 0.15) is 11.5 Å². The minimum absolute atomic E-state index is 0.168. The number of hydrogen-bond acceptors (Lipinski definition) is 4. The van der Waals surface area contributed by atoms with Crippen LogP contribution in [0.1, 0.15) is 24.0 Å². The fourth-order valence-corrected chi connectivity index (χ4v) is 3.89. The molecule has 1 saturated heterocycles. The number of likely N-dealkylation sites (N-methyl/N-ethyl adjacent to an activating group) is 1. The zero-order valence-electron chi connectivity index (χ0n) is 17.8. The van der Waals surface area contributed by atoms with Gasteiger partial charge in [-0.05, 0) is 73.7 Å².